The van der Waals surface area contributed by atoms with Gasteiger partial charge in [0.2, 0.25) is 5.91 Å². The average molecular weight is 319 g/mol. The van der Waals surface area contributed by atoms with Crippen LogP contribution in [0.4, 0.5) is 5.69 Å². The molecule has 1 heterocycles. The summed E-state index contributed by atoms with van der Waals surface area (Å²) in [5, 5.41) is 3.21. The van der Waals surface area contributed by atoms with Gasteiger partial charge in [-0.05, 0) is 41.3 Å². The van der Waals surface area contributed by atoms with Gasteiger partial charge in [0.25, 0.3) is 0 Å². The minimum absolute atomic E-state index is 0.00831. The Kier molecular flexibility index (Phi) is 4.01. The van der Waals surface area contributed by atoms with E-state index in [1.54, 1.807) is 12.3 Å². The van der Waals surface area contributed by atoms with E-state index in [-0.39, 0.29) is 17.9 Å². The Balaban J connectivity index is 2.00. The molecule has 4 nitrogen and oxygen atoms in total. The first-order chi connectivity index (χ1) is 8.06. The van der Waals surface area contributed by atoms with Crippen molar-refractivity contribution in [2.45, 2.75) is 25.3 Å². The SMILES string of the molecule is NC1CCC(C(=O)Nc2cnc(Cl)c(Br)c2)C1. The number of nitrogens with one attached hydrogen (secondary N) is 1. The third kappa shape index (κ3) is 3.18. The van der Waals surface area contributed by atoms with Crippen LogP contribution in [0.25, 0.3) is 0 Å². The van der Waals surface area contributed by atoms with E-state index in [0.29, 0.717) is 15.3 Å². The molecule has 1 aromatic heterocycles. The topological polar surface area (TPSA) is 68.0 Å². The molecule has 0 spiro atoms. The van der Waals surface area contributed by atoms with Gasteiger partial charge in [-0.15, -0.1) is 0 Å². The highest BCUT2D eigenvalue weighted by atomic mass is 79.9. The van der Waals surface area contributed by atoms with Crippen molar-refractivity contribution in [2.75, 3.05) is 5.32 Å². The van der Waals surface area contributed by atoms with Crippen molar-refractivity contribution in [2.24, 2.45) is 11.7 Å². The standard InChI is InChI=1S/C11H13BrClN3O/c12-9-4-8(5-15-10(9)13)16-11(17)6-1-2-7(14)3-6/h4-7H,1-3,14H2,(H,16,17). The van der Waals surface area contributed by atoms with Gasteiger partial charge < -0.3 is 11.1 Å². The van der Waals surface area contributed by atoms with E-state index in [9.17, 15) is 4.79 Å². The number of pyridine rings is 1. The van der Waals surface area contributed by atoms with Crippen molar-refractivity contribution in [1.29, 1.82) is 0 Å². The van der Waals surface area contributed by atoms with Gasteiger partial charge >= 0.3 is 0 Å². The monoisotopic (exact) mass is 317 g/mol. The number of aromatic nitrogens is 1. The number of rotatable bonds is 2. The van der Waals surface area contributed by atoms with Crippen molar-refractivity contribution in [3.8, 4) is 0 Å². The first-order valence-corrected chi connectivity index (χ1v) is 6.61. The maximum absolute atomic E-state index is 11.9. The fourth-order valence-corrected chi connectivity index (χ4v) is 2.44. The molecule has 1 amide bonds. The van der Waals surface area contributed by atoms with Gasteiger partial charge in [-0.3, -0.25) is 4.79 Å². The molecule has 2 atom stereocenters. The third-order valence-electron chi connectivity index (χ3n) is 2.91. The molecular weight excluding hydrogens is 305 g/mol. The Morgan fingerprint density at radius 3 is 2.94 bits per heavy atom. The smallest absolute Gasteiger partial charge is 0.227 e. The minimum Gasteiger partial charge on any atom is -0.328 e. The number of anilines is 1. The van der Waals surface area contributed by atoms with Crippen LogP contribution in [-0.4, -0.2) is 16.9 Å². The van der Waals surface area contributed by atoms with Crippen molar-refractivity contribution in [3.63, 3.8) is 0 Å². The van der Waals surface area contributed by atoms with Crippen LogP contribution in [0.2, 0.25) is 5.15 Å². The molecule has 1 saturated carbocycles. The van der Waals surface area contributed by atoms with E-state index >= 15 is 0 Å². The Morgan fingerprint density at radius 1 is 1.59 bits per heavy atom. The third-order valence-corrected chi connectivity index (χ3v) is 4.04. The largest absolute Gasteiger partial charge is 0.328 e. The molecule has 92 valence electrons. The molecule has 17 heavy (non-hydrogen) atoms. The normalized spacial score (nSPS) is 23.7. The number of carbonyl (C=O) groups excluding carboxylic acids is 1. The van der Waals surface area contributed by atoms with Gasteiger partial charge in [0.05, 0.1) is 16.4 Å². The summed E-state index contributed by atoms with van der Waals surface area (Å²) in [5.41, 5.74) is 6.43. The summed E-state index contributed by atoms with van der Waals surface area (Å²) in [6.45, 7) is 0. The van der Waals surface area contributed by atoms with Crippen LogP contribution in [0.1, 0.15) is 19.3 Å². The summed E-state index contributed by atoms with van der Waals surface area (Å²) in [6, 6.07) is 1.89. The number of nitrogens with two attached hydrogens (primary N) is 1. The van der Waals surface area contributed by atoms with E-state index in [4.69, 9.17) is 17.3 Å². The molecule has 1 aliphatic rings. The second-order valence-corrected chi connectivity index (χ2v) is 5.47. The van der Waals surface area contributed by atoms with Gasteiger partial charge in [-0.2, -0.15) is 0 Å². The first kappa shape index (κ1) is 12.8. The quantitative estimate of drug-likeness (QED) is 0.824. The Labute approximate surface area is 113 Å². The van der Waals surface area contributed by atoms with E-state index in [1.807, 2.05) is 0 Å². The molecule has 0 bridgehead atoms. The predicted molar refractivity (Wildman–Crippen MR) is 70.9 cm³/mol. The lowest BCUT2D eigenvalue weighted by Gasteiger charge is -2.10. The summed E-state index contributed by atoms with van der Waals surface area (Å²) in [6.07, 6.45) is 4.07. The molecule has 2 unspecified atom stereocenters. The van der Waals surface area contributed by atoms with Gasteiger partial charge in [0.1, 0.15) is 5.15 Å². The number of nitrogens with zero attached hydrogens (tertiary/aromatic N) is 1. The van der Waals surface area contributed by atoms with Gasteiger partial charge in [0.15, 0.2) is 0 Å². The van der Waals surface area contributed by atoms with Gasteiger partial charge in [-0.25, -0.2) is 4.98 Å². The fourth-order valence-electron chi connectivity index (χ4n) is 1.99. The molecular formula is C11H13BrClN3O. The molecule has 1 aromatic rings. The maximum atomic E-state index is 11.9. The highest BCUT2D eigenvalue weighted by molar-refractivity contribution is 9.10. The molecule has 3 N–H and O–H groups in total. The molecule has 6 heteroatoms. The summed E-state index contributed by atoms with van der Waals surface area (Å²) in [5.74, 6) is 0.0217. The molecule has 0 aromatic carbocycles. The lowest BCUT2D eigenvalue weighted by Crippen LogP contribution is -2.23. The minimum atomic E-state index is 0.00831. The number of hydrogen-bond acceptors (Lipinski definition) is 3. The van der Waals surface area contributed by atoms with Crippen LogP contribution in [0.15, 0.2) is 16.7 Å². The fraction of sp³-hybridized carbons (Fsp3) is 0.455. The van der Waals surface area contributed by atoms with Crippen LogP contribution in [-0.2, 0) is 4.79 Å². The summed E-state index contributed by atoms with van der Waals surface area (Å²) in [4.78, 5) is 15.9. The second-order valence-electron chi connectivity index (χ2n) is 4.26. The van der Waals surface area contributed by atoms with Crippen LogP contribution < -0.4 is 11.1 Å². The molecule has 1 fully saturated rings. The lowest BCUT2D eigenvalue weighted by molar-refractivity contribution is -0.119. The van der Waals surface area contributed by atoms with Crippen molar-refractivity contribution < 1.29 is 4.79 Å². The Bertz CT molecular complexity index is 441. The Morgan fingerprint density at radius 2 is 2.35 bits per heavy atom. The summed E-state index contributed by atoms with van der Waals surface area (Å²) < 4.78 is 0.667. The Hall–Kier alpha value is -0.650. The van der Waals surface area contributed by atoms with Crippen molar-refractivity contribution in [1.82, 2.24) is 4.98 Å². The van der Waals surface area contributed by atoms with E-state index < -0.39 is 0 Å². The van der Waals surface area contributed by atoms with E-state index in [2.05, 4.69) is 26.2 Å². The molecule has 0 aliphatic heterocycles. The number of amides is 1. The summed E-state index contributed by atoms with van der Waals surface area (Å²) in [7, 11) is 0. The number of halogens is 2. The lowest BCUT2D eigenvalue weighted by atomic mass is 10.1. The zero-order valence-electron chi connectivity index (χ0n) is 9.12. The highest BCUT2D eigenvalue weighted by Gasteiger charge is 2.27. The average Bonchev–Trinajstić information content (AvgIpc) is 2.70. The van der Waals surface area contributed by atoms with E-state index in [0.717, 1.165) is 19.3 Å². The highest BCUT2D eigenvalue weighted by Crippen LogP contribution is 2.27. The predicted octanol–water partition coefficient (Wildman–Crippen LogP) is 2.56. The number of hydrogen-bond donors (Lipinski definition) is 2. The zero-order valence-corrected chi connectivity index (χ0v) is 11.5. The van der Waals surface area contributed by atoms with Crippen LogP contribution in [0.5, 0.6) is 0 Å². The van der Waals surface area contributed by atoms with Crippen LogP contribution >= 0.6 is 27.5 Å². The molecule has 2 rings (SSSR count). The van der Waals surface area contributed by atoms with E-state index in [1.165, 1.54) is 0 Å². The van der Waals surface area contributed by atoms with Gasteiger partial charge in [0, 0.05) is 12.0 Å². The zero-order chi connectivity index (χ0) is 12.4. The second kappa shape index (κ2) is 5.33. The maximum Gasteiger partial charge on any atom is 0.227 e. The molecule has 1 aliphatic carbocycles. The first-order valence-electron chi connectivity index (χ1n) is 5.43. The van der Waals surface area contributed by atoms with Gasteiger partial charge in [-0.1, -0.05) is 11.6 Å². The van der Waals surface area contributed by atoms with Crippen molar-refractivity contribution in [3.05, 3.63) is 21.9 Å². The number of carbonyl (C=O) groups is 1. The van der Waals surface area contributed by atoms with Crippen LogP contribution in [0, 0.1) is 5.92 Å². The summed E-state index contributed by atoms with van der Waals surface area (Å²) >= 11 is 9.04. The van der Waals surface area contributed by atoms with Crippen LogP contribution in [0.3, 0.4) is 0 Å². The molecule has 0 radical (unpaired) electrons. The molecule has 0 saturated heterocycles. The van der Waals surface area contributed by atoms with Crippen molar-refractivity contribution >= 4 is 39.1 Å².